The fourth-order valence-corrected chi connectivity index (χ4v) is 10.8. The van der Waals surface area contributed by atoms with Crippen LogP contribution >= 0.6 is 0 Å². The summed E-state index contributed by atoms with van der Waals surface area (Å²) in [5, 5.41) is 29.3. The molecule has 2 aromatic carbocycles. The number of aliphatic hydroxyl groups excluding tert-OH is 1. The molecule has 0 saturated heterocycles. The molecule has 0 aliphatic carbocycles. The lowest BCUT2D eigenvalue weighted by molar-refractivity contribution is 0.0252. The minimum atomic E-state index is -4.44. The van der Waals surface area contributed by atoms with Gasteiger partial charge in [-0.2, -0.15) is 9.97 Å². The number of benzene rings is 2. The summed E-state index contributed by atoms with van der Waals surface area (Å²) in [4.78, 5) is 35.9. The van der Waals surface area contributed by atoms with Gasteiger partial charge in [-0.15, -0.1) is 0 Å². The number of carbonyl (C=O) groups is 2. The molecule has 62 heavy (non-hydrogen) atoms. The molecule has 326 valence electrons. The van der Waals surface area contributed by atoms with Crippen molar-refractivity contribution in [1.29, 1.82) is 0 Å². The summed E-state index contributed by atoms with van der Waals surface area (Å²) in [6.07, 6.45) is -0.569. The van der Waals surface area contributed by atoms with E-state index >= 15 is 0 Å². The lowest BCUT2D eigenvalue weighted by Crippen LogP contribution is -2.38. The van der Waals surface area contributed by atoms with Crippen LogP contribution in [0.3, 0.4) is 0 Å². The van der Waals surface area contributed by atoms with E-state index in [4.69, 9.17) is 8.83 Å². The van der Waals surface area contributed by atoms with E-state index in [1.54, 1.807) is 13.0 Å². The highest BCUT2D eigenvalue weighted by molar-refractivity contribution is 7.92. The highest BCUT2D eigenvalue weighted by atomic mass is 32.2. The normalized spacial score (nSPS) is 19.5. The van der Waals surface area contributed by atoms with Gasteiger partial charge in [0.25, 0.3) is 11.8 Å². The Kier molecular flexibility index (Phi) is 10.8. The Morgan fingerprint density at radius 2 is 1.34 bits per heavy atom. The van der Waals surface area contributed by atoms with E-state index in [1.807, 2.05) is 0 Å². The smallest absolute Gasteiger partial charge is 0.255 e. The van der Waals surface area contributed by atoms with Crippen molar-refractivity contribution in [2.75, 3.05) is 47.8 Å². The Balaban J connectivity index is 1.23. The molecule has 3 atom stereocenters. The monoisotopic (exact) mass is 892 g/mol. The van der Waals surface area contributed by atoms with Gasteiger partial charge < -0.3 is 29.7 Å². The van der Waals surface area contributed by atoms with Crippen molar-refractivity contribution >= 4 is 65.7 Å². The van der Waals surface area contributed by atoms with Crippen molar-refractivity contribution in [3.8, 4) is 22.6 Å². The van der Waals surface area contributed by atoms with Gasteiger partial charge >= 0.3 is 0 Å². The molecule has 2 aliphatic heterocycles. The Hall–Kier alpha value is -5.96. The van der Waals surface area contributed by atoms with Crippen molar-refractivity contribution in [2.24, 2.45) is 0 Å². The fraction of sp³-hybridized carbons (Fsp3) is 0.333. The number of aromatic nitrogens is 2. The number of fused-ring (bicyclic) bond motifs is 4. The van der Waals surface area contributed by atoms with E-state index in [1.165, 1.54) is 68.7 Å². The number of halogens is 2. The van der Waals surface area contributed by atoms with Crippen molar-refractivity contribution in [2.45, 2.75) is 50.2 Å². The third-order valence-electron chi connectivity index (χ3n) is 11.6. The summed E-state index contributed by atoms with van der Waals surface area (Å²) in [6.45, 7) is 1.36. The number of sulfonamides is 2. The predicted octanol–water partition coefficient (Wildman–Crippen LogP) is 5.14. The number of hydrogen-bond donors (Lipinski definition) is 4. The summed E-state index contributed by atoms with van der Waals surface area (Å²) >= 11 is 0. The van der Waals surface area contributed by atoms with Crippen molar-refractivity contribution in [3.05, 3.63) is 94.6 Å². The zero-order chi connectivity index (χ0) is 44.5. The van der Waals surface area contributed by atoms with Crippen LogP contribution in [0.5, 0.6) is 0 Å². The first kappa shape index (κ1) is 42.7. The minimum Gasteiger partial charge on any atom is -0.437 e. The molecule has 0 saturated carbocycles. The Morgan fingerprint density at radius 1 is 0.823 bits per heavy atom. The Labute approximate surface area is 354 Å². The number of nitrogens with one attached hydrogen (secondary N) is 2. The standard InChI is InChI=1S/C42H42F2N6O10S2/c1-22-27-20-28-32(38(52)45-2)34(23-6-10-25(43)11-7-23)59-40(28)47-36(27)50(18-14-31(22)51)62(57,58)19-16-42(54)15-5-17-49(61(4,55)56)37-30(42)21-29-33(39(53)46-3)35(60-41(29)48-37)24-8-12-26(44)13-9-24/h6-13,20-22,31,51,54H,5,14-19H2,1-4H3,(H,45,52)(H,46,53). The highest BCUT2D eigenvalue weighted by Gasteiger charge is 2.43. The van der Waals surface area contributed by atoms with E-state index in [0.717, 1.165) is 14.9 Å². The van der Waals surface area contributed by atoms with Crippen molar-refractivity contribution in [1.82, 2.24) is 20.6 Å². The number of carbonyl (C=O) groups excluding carboxylic acids is 2. The number of aliphatic hydroxyl groups is 2. The zero-order valence-corrected chi connectivity index (χ0v) is 35.5. The van der Waals surface area contributed by atoms with Gasteiger partial charge in [-0.3, -0.25) is 18.2 Å². The average Bonchev–Trinajstić information content (AvgIpc) is 3.72. The third kappa shape index (κ3) is 7.43. The lowest BCUT2D eigenvalue weighted by Gasteiger charge is -2.30. The van der Waals surface area contributed by atoms with E-state index < -0.39 is 73.3 Å². The molecule has 0 fully saturated rings. The fourth-order valence-electron chi connectivity index (χ4n) is 8.25. The average molecular weight is 893 g/mol. The van der Waals surface area contributed by atoms with Gasteiger partial charge in [0.1, 0.15) is 29.0 Å². The van der Waals surface area contributed by atoms with Crippen molar-refractivity contribution < 1.29 is 54.3 Å². The summed E-state index contributed by atoms with van der Waals surface area (Å²) in [7, 11) is -5.66. The van der Waals surface area contributed by atoms with Crippen LogP contribution in [0.15, 0.2) is 69.5 Å². The topological polar surface area (TPSA) is 225 Å². The van der Waals surface area contributed by atoms with E-state index in [2.05, 4.69) is 20.6 Å². The SMILES string of the molecule is CNC(=O)c1c(-c2ccc(F)cc2)oc2nc3c(cc12)C(O)(CCS(=O)(=O)N1CCC(O)C(C)c2cc4c(C(=O)NC)c(-c5ccc(F)cc5)oc4nc21)CCCN3S(C)(=O)=O. The largest absolute Gasteiger partial charge is 0.437 e. The number of rotatable bonds is 9. The van der Waals surface area contributed by atoms with Gasteiger partial charge in [0.2, 0.25) is 31.5 Å². The maximum atomic E-state index is 14.7. The number of pyridine rings is 2. The number of furan rings is 2. The first-order valence-electron chi connectivity index (χ1n) is 19.6. The van der Waals surface area contributed by atoms with Crippen LogP contribution < -0.4 is 19.2 Å². The van der Waals surface area contributed by atoms with Gasteiger partial charge in [-0.1, -0.05) is 6.92 Å². The zero-order valence-electron chi connectivity index (χ0n) is 33.9. The summed E-state index contributed by atoms with van der Waals surface area (Å²) < 4.78 is 97.7. The van der Waals surface area contributed by atoms with Gasteiger partial charge in [-0.05, 0) is 86.3 Å². The quantitative estimate of drug-likeness (QED) is 0.148. The second kappa shape index (κ2) is 15.7. The Morgan fingerprint density at radius 3 is 1.85 bits per heavy atom. The molecule has 2 aliphatic rings. The van der Waals surface area contributed by atoms with Crippen LogP contribution in [-0.4, -0.2) is 94.1 Å². The Bertz CT molecular complexity index is 2990. The molecular weight excluding hydrogens is 851 g/mol. The van der Waals surface area contributed by atoms with Crippen LogP contribution in [-0.2, 0) is 25.6 Å². The second-order valence-corrected chi connectivity index (χ2v) is 19.4. The van der Waals surface area contributed by atoms with Gasteiger partial charge in [0, 0.05) is 55.4 Å². The molecule has 0 spiro atoms. The molecule has 2 amide bonds. The molecular formula is C42H42F2N6O10S2. The number of amides is 2. The molecule has 3 unspecified atom stereocenters. The molecule has 16 nitrogen and oxygen atoms in total. The van der Waals surface area contributed by atoms with Gasteiger partial charge in [0.05, 0.1) is 45.6 Å². The summed E-state index contributed by atoms with van der Waals surface area (Å²) in [5.41, 5.74) is -1.33. The predicted molar refractivity (Wildman–Crippen MR) is 226 cm³/mol. The molecule has 0 radical (unpaired) electrons. The first-order valence-corrected chi connectivity index (χ1v) is 23.1. The van der Waals surface area contributed by atoms with E-state index in [0.29, 0.717) is 16.7 Å². The maximum absolute atomic E-state index is 14.7. The molecule has 8 rings (SSSR count). The first-order chi connectivity index (χ1) is 29.3. The minimum absolute atomic E-state index is 0.00127. The van der Waals surface area contributed by atoms with Crippen LogP contribution in [0.2, 0.25) is 0 Å². The number of anilines is 2. The molecule has 20 heteroatoms. The van der Waals surface area contributed by atoms with E-state index in [9.17, 15) is 45.4 Å². The molecule has 4 aromatic heterocycles. The summed E-state index contributed by atoms with van der Waals surface area (Å²) in [5.74, 6) is -3.80. The van der Waals surface area contributed by atoms with Crippen LogP contribution in [0, 0.1) is 11.6 Å². The van der Waals surface area contributed by atoms with Crippen LogP contribution in [0.1, 0.15) is 70.4 Å². The van der Waals surface area contributed by atoms with Crippen molar-refractivity contribution in [3.63, 3.8) is 0 Å². The maximum Gasteiger partial charge on any atom is 0.255 e. The van der Waals surface area contributed by atoms with Crippen LogP contribution in [0.4, 0.5) is 20.4 Å². The van der Waals surface area contributed by atoms with Crippen LogP contribution in [0.25, 0.3) is 44.8 Å². The number of nitrogens with zero attached hydrogens (tertiary/aromatic N) is 4. The highest BCUT2D eigenvalue weighted by Crippen LogP contribution is 2.45. The molecule has 6 heterocycles. The van der Waals surface area contributed by atoms with E-state index in [-0.39, 0.29) is 94.4 Å². The second-order valence-electron chi connectivity index (χ2n) is 15.5. The summed E-state index contributed by atoms with van der Waals surface area (Å²) in [6, 6.07) is 13.3. The molecule has 6 aromatic rings. The lowest BCUT2D eigenvalue weighted by atomic mass is 9.87. The molecule has 0 bridgehead atoms. The van der Waals surface area contributed by atoms with Gasteiger partial charge in [0.15, 0.2) is 5.82 Å². The number of hydrogen-bond acceptors (Lipinski definition) is 12. The molecule has 4 N–H and O–H groups in total. The van der Waals surface area contributed by atoms with Gasteiger partial charge in [-0.25, -0.2) is 25.6 Å². The third-order valence-corrected chi connectivity index (χ3v) is 14.5.